The second kappa shape index (κ2) is 6.47. The van der Waals surface area contributed by atoms with Crippen molar-refractivity contribution < 1.29 is 5.11 Å². The summed E-state index contributed by atoms with van der Waals surface area (Å²) in [6.07, 6.45) is 4.70. The molecule has 2 fully saturated rings. The van der Waals surface area contributed by atoms with Crippen LogP contribution in [0.25, 0.3) is 0 Å². The van der Waals surface area contributed by atoms with E-state index in [0.717, 1.165) is 25.2 Å². The molecular formula is C18H28N2O. The zero-order valence-corrected chi connectivity index (χ0v) is 13.3. The molecule has 1 aliphatic heterocycles. The summed E-state index contributed by atoms with van der Waals surface area (Å²) in [5, 5.41) is 11.0. The first-order valence-corrected chi connectivity index (χ1v) is 8.32. The van der Waals surface area contributed by atoms with Gasteiger partial charge in [-0.05, 0) is 63.5 Å². The fourth-order valence-corrected chi connectivity index (χ4v) is 3.73. The van der Waals surface area contributed by atoms with E-state index in [9.17, 15) is 5.11 Å². The summed E-state index contributed by atoms with van der Waals surface area (Å²) in [5.41, 5.74) is 2.55. The standard InChI is InChI=1S/C18H28N2O/c1-19-11-6-12-20(2)17(13-19)18(21)16-10-4-3-9-15(16)14-7-5-8-14/h3-4,9-10,14,17-18,21H,5-8,11-13H2,1-2H3. The lowest BCUT2D eigenvalue weighted by molar-refractivity contribution is 0.0560. The largest absolute Gasteiger partial charge is 0.387 e. The van der Waals surface area contributed by atoms with Crippen LogP contribution < -0.4 is 0 Å². The molecule has 1 aromatic carbocycles. The van der Waals surface area contributed by atoms with Gasteiger partial charge in [-0.2, -0.15) is 0 Å². The molecule has 1 N–H and O–H groups in total. The summed E-state index contributed by atoms with van der Waals surface area (Å²) in [5.74, 6) is 0.671. The van der Waals surface area contributed by atoms with Crippen LogP contribution in [-0.2, 0) is 0 Å². The average molecular weight is 288 g/mol. The second-order valence-corrected chi connectivity index (χ2v) is 6.87. The third-order valence-electron chi connectivity index (χ3n) is 5.34. The topological polar surface area (TPSA) is 26.7 Å². The molecule has 3 heteroatoms. The molecule has 1 aromatic rings. The van der Waals surface area contributed by atoms with E-state index < -0.39 is 0 Å². The number of benzene rings is 1. The molecule has 1 saturated heterocycles. The van der Waals surface area contributed by atoms with Crippen LogP contribution in [0.3, 0.4) is 0 Å². The minimum absolute atomic E-state index is 0.193. The first-order valence-electron chi connectivity index (χ1n) is 8.32. The molecule has 116 valence electrons. The zero-order chi connectivity index (χ0) is 14.8. The second-order valence-electron chi connectivity index (χ2n) is 6.87. The van der Waals surface area contributed by atoms with Gasteiger partial charge in [-0.25, -0.2) is 0 Å². The number of aliphatic hydroxyl groups is 1. The van der Waals surface area contributed by atoms with Crippen LogP contribution in [0, 0.1) is 0 Å². The minimum Gasteiger partial charge on any atom is -0.387 e. The van der Waals surface area contributed by atoms with Gasteiger partial charge in [0.25, 0.3) is 0 Å². The van der Waals surface area contributed by atoms with Crippen LogP contribution in [0.5, 0.6) is 0 Å². The van der Waals surface area contributed by atoms with E-state index in [0.29, 0.717) is 5.92 Å². The quantitative estimate of drug-likeness (QED) is 0.926. The average Bonchev–Trinajstić information content (AvgIpc) is 2.58. The highest BCUT2D eigenvalue weighted by atomic mass is 16.3. The van der Waals surface area contributed by atoms with Gasteiger partial charge in [0, 0.05) is 6.54 Å². The van der Waals surface area contributed by atoms with E-state index in [-0.39, 0.29) is 12.1 Å². The Morgan fingerprint density at radius 2 is 1.86 bits per heavy atom. The lowest BCUT2D eigenvalue weighted by Crippen LogP contribution is -2.42. The van der Waals surface area contributed by atoms with E-state index in [1.807, 2.05) is 0 Å². The van der Waals surface area contributed by atoms with Crippen molar-refractivity contribution in [1.82, 2.24) is 9.80 Å². The van der Waals surface area contributed by atoms with Crippen molar-refractivity contribution in [2.24, 2.45) is 0 Å². The number of nitrogens with zero attached hydrogens (tertiary/aromatic N) is 2. The normalized spacial score (nSPS) is 27.1. The Balaban J connectivity index is 1.84. The molecule has 2 unspecified atom stereocenters. The third kappa shape index (κ3) is 3.15. The number of hydrogen-bond donors (Lipinski definition) is 1. The predicted octanol–water partition coefficient (Wildman–Crippen LogP) is 2.62. The van der Waals surface area contributed by atoms with Gasteiger partial charge in [-0.1, -0.05) is 30.7 Å². The van der Waals surface area contributed by atoms with Crippen LogP contribution in [0.4, 0.5) is 0 Å². The Kier molecular flexibility index (Phi) is 4.63. The molecular weight excluding hydrogens is 260 g/mol. The van der Waals surface area contributed by atoms with Crippen molar-refractivity contribution in [1.29, 1.82) is 0 Å². The minimum atomic E-state index is -0.382. The molecule has 0 amide bonds. The number of hydrogen-bond acceptors (Lipinski definition) is 3. The van der Waals surface area contributed by atoms with E-state index in [1.54, 1.807) is 0 Å². The molecule has 21 heavy (non-hydrogen) atoms. The fourth-order valence-electron chi connectivity index (χ4n) is 3.73. The molecule has 2 atom stereocenters. The van der Waals surface area contributed by atoms with Crippen LogP contribution in [0.1, 0.15) is 48.8 Å². The van der Waals surface area contributed by atoms with Gasteiger partial charge in [-0.15, -0.1) is 0 Å². The summed E-state index contributed by atoms with van der Waals surface area (Å²) >= 11 is 0. The van der Waals surface area contributed by atoms with Crippen molar-refractivity contribution in [3.05, 3.63) is 35.4 Å². The molecule has 0 spiro atoms. The summed E-state index contributed by atoms with van der Waals surface area (Å²) < 4.78 is 0. The van der Waals surface area contributed by atoms with Gasteiger partial charge in [0.05, 0.1) is 12.1 Å². The molecule has 1 heterocycles. The molecule has 0 bridgehead atoms. The predicted molar refractivity (Wildman–Crippen MR) is 86.5 cm³/mol. The van der Waals surface area contributed by atoms with Crippen molar-refractivity contribution in [2.45, 2.75) is 43.7 Å². The van der Waals surface area contributed by atoms with Gasteiger partial charge in [0.15, 0.2) is 0 Å². The Bertz CT molecular complexity index is 472. The monoisotopic (exact) mass is 288 g/mol. The smallest absolute Gasteiger partial charge is 0.0960 e. The van der Waals surface area contributed by atoms with E-state index in [1.165, 1.54) is 31.2 Å². The first kappa shape index (κ1) is 15.0. The van der Waals surface area contributed by atoms with Gasteiger partial charge >= 0.3 is 0 Å². The Hall–Kier alpha value is -0.900. The van der Waals surface area contributed by atoms with Crippen LogP contribution >= 0.6 is 0 Å². The van der Waals surface area contributed by atoms with Crippen molar-refractivity contribution >= 4 is 0 Å². The SMILES string of the molecule is CN1CCCN(C)C(C(O)c2ccccc2C2CCC2)C1. The highest BCUT2D eigenvalue weighted by Gasteiger charge is 2.31. The van der Waals surface area contributed by atoms with Crippen molar-refractivity contribution in [3.8, 4) is 0 Å². The van der Waals surface area contributed by atoms with Crippen LogP contribution in [0.15, 0.2) is 24.3 Å². The van der Waals surface area contributed by atoms with Crippen LogP contribution in [-0.4, -0.2) is 54.7 Å². The number of likely N-dealkylation sites (N-methyl/N-ethyl adjacent to an activating group) is 2. The van der Waals surface area contributed by atoms with Crippen LogP contribution in [0.2, 0.25) is 0 Å². The maximum Gasteiger partial charge on any atom is 0.0960 e. The van der Waals surface area contributed by atoms with Gasteiger partial charge in [0.1, 0.15) is 0 Å². The molecule has 1 saturated carbocycles. The first-order chi connectivity index (χ1) is 10.2. The highest BCUT2D eigenvalue weighted by Crippen LogP contribution is 2.40. The number of aliphatic hydroxyl groups excluding tert-OH is 1. The molecule has 1 aliphatic carbocycles. The Morgan fingerprint density at radius 1 is 1.10 bits per heavy atom. The Morgan fingerprint density at radius 3 is 2.57 bits per heavy atom. The van der Waals surface area contributed by atoms with Crippen molar-refractivity contribution in [3.63, 3.8) is 0 Å². The molecule has 0 aromatic heterocycles. The van der Waals surface area contributed by atoms with E-state index in [2.05, 4.69) is 48.2 Å². The molecule has 0 radical (unpaired) electrons. The summed E-state index contributed by atoms with van der Waals surface area (Å²) in [6.45, 7) is 3.13. The summed E-state index contributed by atoms with van der Waals surface area (Å²) in [6, 6.07) is 8.74. The van der Waals surface area contributed by atoms with Gasteiger partial charge in [0.2, 0.25) is 0 Å². The van der Waals surface area contributed by atoms with Gasteiger partial charge in [-0.3, -0.25) is 4.90 Å². The van der Waals surface area contributed by atoms with E-state index >= 15 is 0 Å². The molecule has 2 aliphatic rings. The van der Waals surface area contributed by atoms with E-state index in [4.69, 9.17) is 0 Å². The maximum atomic E-state index is 11.0. The molecule has 3 nitrogen and oxygen atoms in total. The maximum absolute atomic E-state index is 11.0. The number of rotatable bonds is 3. The fraction of sp³-hybridized carbons (Fsp3) is 0.667. The zero-order valence-electron chi connectivity index (χ0n) is 13.3. The lowest BCUT2D eigenvalue weighted by atomic mass is 9.77. The summed E-state index contributed by atoms with van der Waals surface area (Å²) in [4.78, 5) is 4.69. The highest BCUT2D eigenvalue weighted by molar-refractivity contribution is 5.34. The Labute approximate surface area is 128 Å². The van der Waals surface area contributed by atoms with Crippen molar-refractivity contribution in [2.75, 3.05) is 33.7 Å². The van der Waals surface area contributed by atoms with Gasteiger partial charge < -0.3 is 10.0 Å². The third-order valence-corrected chi connectivity index (χ3v) is 5.34. The lowest BCUT2D eigenvalue weighted by Gasteiger charge is -2.35. The summed E-state index contributed by atoms with van der Waals surface area (Å²) in [7, 11) is 4.32. The molecule has 3 rings (SSSR count).